The second-order valence-corrected chi connectivity index (χ2v) is 7.11. The van der Waals surface area contributed by atoms with Crippen molar-refractivity contribution in [3.8, 4) is 0 Å². The third kappa shape index (κ3) is 4.73. The smallest absolute Gasteiger partial charge is 0.328 e. The Kier molecular flexibility index (Phi) is 6.69. The first-order valence-corrected chi connectivity index (χ1v) is 9.57. The summed E-state index contributed by atoms with van der Waals surface area (Å²) in [5.74, 6) is -0.0675. The van der Waals surface area contributed by atoms with Crippen molar-refractivity contribution < 1.29 is 13.7 Å². The van der Waals surface area contributed by atoms with Gasteiger partial charge in [-0.25, -0.2) is 0 Å². The van der Waals surface area contributed by atoms with Gasteiger partial charge in [0, 0.05) is 15.4 Å². The van der Waals surface area contributed by atoms with E-state index >= 15 is 0 Å². The lowest BCUT2D eigenvalue weighted by Crippen LogP contribution is -2.15. The summed E-state index contributed by atoms with van der Waals surface area (Å²) < 4.78 is 10.9. The Morgan fingerprint density at radius 3 is 1.48 bits per heavy atom. The highest BCUT2D eigenvalue weighted by Gasteiger charge is 2.30. The van der Waals surface area contributed by atoms with Gasteiger partial charge in [-0.1, -0.05) is 91.0 Å². The molecule has 0 saturated carbocycles. The molecule has 0 aliphatic carbocycles. The van der Waals surface area contributed by atoms with Crippen LogP contribution < -0.4 is 0 Å². The predicted octanol–water partition coefficient (Wildman–Crippen LogP) is 5.60. The quantitative estimate of drug-likeness (QED) is 0.550. The molecule has 0 fully saturated rings. The summed E-state index contributed by atoms with van der Waals surface area (Å²) in [5, 5.41) is 0. The van der Waals surface area contributed by atoms with Crippen molar-refractivity contribution >= 4 is 18.1 Å². The van der Waals surface area contributed by atoms with Crippen molar-refractivity contribution in [1.29, 1.82) is 0 Å². The van der Waals surface area contributed by atoms with E-state index in [4.69, 9.17) is 8.83 Å². The Morgan fingerprint density at radius 1 is 0.680 bits per heavy atom. The van der Waals surface area contributed by atoms with Crippen LogP contribution >= 0.6 is 18.1 Å². The van der Waals surface area contributed by atoms with Crippen molar-refractivity contribution in [2.45, 2.75) is 12.0 Å². The van der Waals surface area contributed by atoms with Gasteiger partial charge in [-0.15, -0.1) is 0 Å². The first-order valence-electron chi connectivity index (χ1n) is 7.97. The van der Waals surface area contributed by atoms with E-state index in [0.717, 1.165) is 16.7 Å². The van der Waals surface area contributed by atoms with Gasteiger partial charge in [0.25, 0.3) is 0 Å². The summed E-state index contributed by atoms with van der Waals surface area (Å²) >= 11 is 0. The fourth-order valence-electron chi connectivity index (χ4n) is 2.94. The zero-order valence-electron chi connectivity index (χ0n) is 13.6. The maximum Gasteiger partial charge on any atom is 0.333 e. The Morgan fingerprint density at radius 2 is 1.08 bits per heavy atom. The number of rotatable bonds is 7. The summed E-state index contributed by atoms with van der Waals surface area (Å²) in [6, 6.07) is 30.3. The maximum absolute atomic E-state index is 10.0. The molecule has 0 heterocycles. The van der Waals surface area contributed by atoms with E-state index < -0.39 is 8.60 Å². The van der Waals surface area contributed by atoms with Crippen LogP contribution in [0.25, 0.3) is 0 Å². The molecule has 3 atom stereocenters. The minimum absolute atomic E-state index is 0.0675. The molecule has 0 spiro atoms. The SMILES string of the molecule is OP(OP)OC(c1ccccc1)C(c1ccccc1)c1ccccc1. The normalized spacial score (nSPS) is 13.6. The van der Waals surface area contributed by atoms with Gasteiger partial charge in [0.1, 0.15) is 6.10 Å². The number of hydrogen-bond acceptors (Lipinski definition) is 3. The van der Waals surface area contributed by atoms with Crippen LogP contribution in [-0.2, 0) is 8.83 Å². The molecule has 3 unspecified atom stereocenters. The molecule has 0 aliphatic heterocycles. The molecule has 3 nitrogen and oxygen atoms in total. The Balaban J connectivity index is 2.09. The zero-order chi connectivity index (χ0) is 17.5. The molecule has 0 aromatic heterocycles. The van der Waals surface area contributed by atoms with Gasteiger partial charge in [-0.3, -0.25) is 4.31 Å². The average molecular weight is 370 g/mol. The first-order chi connectivity index (χ1) is 12.3. The molecule has 3 aromatic rings. The highest BCUT2D eigenvalue weighted by molar-refractivity contribution is 7.46. The van der Waals surface area contributed by atoms with E-state index in [1.54, 1.807) is 0 Å². The maximum atomic E-state index is 10.0. The van der Waals surface area contributed by atoms with Crippen molar-refractivity contribution in [1.82, 2.24) is 0 Å². The van der Waals surface area contributed by atoms with Crippen LogP contribution in [0.3, 0.4) is 0 Å². The average Bonchev–Trinajstić information content (AvgIpc) is 2.69. The van der Waals surface area contributed by atoms with Crippen LogP contribution in [0.4, 0.5) is 0 Å². The molecule has 0 saturated heterocycles. The van der Waals surface area contributed by atoms with Crippen molar-refractivity contribution in [3.63, 3.8) is 0 Å². The van der Waals surface area contributed by atoms with E-state index in [1.807, 2.05) is 66.7 Å². The van der Waals surface area contributed by atoms with Crippen molar-refractivity contribution in [3.05, 3.63) is 108 Å². The van der Waals surface area contributed by atoms with Gasteiger partial charge in [0.05, 0.1) is 0 Å². The van der Waals surface area contributed by atoms with Crippen LogP contribution in [0.15, 0.2) is 91.0 Å². The number of hydrogen-bond donors (Lipinski definition) is 1. The minimum Gasteiger partial charge on any atom is -0.328 e. The summed E-state index contributed by atoms with van der Waals surface area (Å²) in [7, 11) is 0.0736. The molecule has 25 heavy (non-hydrogen) atoms. The van der Waals surface area contributed by atoms with E-state index in [0.29, 0.717) is 0 Å². The van der Waals surface area contributed by atoms with Gasteiger partial charge >= 0.3 is 8.60 Å². The molecule has 3 aromatic carbocycles. The Labute approximate surface area is 151 Å². The third-order valence-electron chi connectivity index (χ3n) is 4.04. The van der Waals surface area contributed by atoms with Crippen LogP contribution in [0.2, 0.25) is 0 Å². The molecule has 128 valence electrons. The van der Waals surface area contributed by atoms with Crippen molar-refractivity contribution in [2.24, 2.45) is 0 Å². The van der Waals surface area contributed by atoms with Gasteiger partial charge in [-0.2, -0.15) is 0 Å². The van der Waals surface area contributed by atoms with Gasteiger partial charge in [0.15, 0.2) is 0 Å². The summed E-state index contributed by atoms with van der Waals surface area (Å²) in [5.41, 5.74) is 3.23. The molecular weight excluding hydrogens is 350 g/mol. The molecule has 3 rings (SSSR count). The molecule has 1 N–H and O–H groups in total. The van der Waals surface area contributed by atoms with Gasteiger partial charge < -0.3 is 9.42 Å². The van der Waals surface area contributed by atoms with Crippen LogP contribution in [-0.4, -0.2) is 4.89 Å². The topological polar surface area (TPSA) is 38.7 Å². The molecule has 0 radical (unpaired) electrons. The highest BCUT2D eigenvalue weighted by Crippen LogP contribution is 2.48. The van der Waals surface area contributed by atoms with E-state index in [1.165, 1.54) is 0 Å². The van der Waals surface area contributed by atoms with Crippen LogP contribution in [0.1, 0.15) is 28.7 Å². The molecule has 5 heteroatoms. The Hall–Kier alpha value is -1.60. The monoisotopic (exact) mass is 370 g/mol. The fraction of sp³-hybridized carbons (Fsp3) is 0.100. The van der Waals surface area contributed by atoms with Crippen molar-refractivity contribution in [2.75, 3.05) is 0 Å². The predicted molar refractivity (Wildman–Crippen MR) is 105 cm³/mol. The van der Waals surface area contributed by atoms with Gasteiger partial charge in [0.2, 0.25) is 0 Å². The molecule has 0 aliphatic rings. The second kappa shape index (κ2) is 9.20. The van der Waals surface area contributed by atoms with Crippen LogP contribution in [0.5, 0.6) is 0 Å². The van der Waals surface area contributed by atoms with E-state index in [2.05, 4.69) is 33.7 Å². The molecule has 0 bridgehead atoms. The standard InChI is InChI=1S/C20H20O3P2/c21-25(23-24)22-20(18-14-8-3-9-15-18)19(16-10-4-1-5-11-16)17-12-6-2-7-13-17/h1-15,19-21H,24H2. The van der Waals surface area contributed by atoms with Gasteiger partial charge in [-0.05, 0) is 16.7 Å². The summed E-state index contributed by atoms with van der Waals surface area (Å²) in [4.78, 5) is 10.0. The largest absolute Gasteiger partial charge is 0.333 e. The Bertz CT molecular complexity index is 714. The lowest BCUT2D eigenvalue weighted by atomic mass is 9.84. The first kappa shape index (κ1) is 18.2. The number of benzene rings is 3. The molecule has 0 amide bonds. The molecular formula is C20H20O3P2. The van der Waals surface area contributed by atoms with E-state index in [-0.39, 0.29) is 12.0 Å². The van der Waals surface area contributed by atoms with E-state index in [9.17, 15) is 4.89 Å². The summed E-state index contributed by atoms with van der Waals surface area (Å²) in [6.45, 7) is 0. The lowest BCUT2D eigenvalue weighted by Gasteiger charge is -2.29. The minimum atomic E-state index is -1.99. The highest BCUT2D eigenvalue weighted by atomic mass is 31.2. The fourth-order valence-corrected chi connectivity index (χ4v) is 3.58. The third-order valence-corrected chi connectivity index (χ3v) is 5.17. The summed E-state index contributed by atoms with van der Waals surface area (Å²) in [6.07, 6.45) is -0.373. The second-order valence-electron chi connectivity index (χ2n) is 5.58. The van der Waals surface area contributed by atoms with Crippen LogP contribution in [0, 0.1) is 0 Å². The zero-order valence-corrected chi connectivity index (χ0v) is 15.7. The lowest BCUT2D eigenvalue weighted by molar-refractivity contribution is 0.164.